The average Bonchev–Trinajstić information content (AvgIpc) is 2.58. The summed E-state index contributed by atoms with van der Waals surface area (Å²) in [5.74, 6) is -1.23. The van der Waals surface area contributed by atoms with Gasteiger partial charge in [0.05, 0.1) is 12.7 Å². The minimum absolute atomic E-state index is 0.0204. The summed E-state index contributed by atoms with van der Waals surface area (Å²) < 4.78 is 36.1. The number of hydrogen-bond donors (Lipinski definition) is 2. The predicted molar refractivity (Wildman–Crippen MR) is 87.3 cm³/mol. The third-order valence-electron chi connectivity index (χ3n) is 3.03. The van der Waals surface area contributed by atoms with Gasteiger partial charge in [-0.05, 0) is 32.2 Å². The summed E-state index contributed by atoms with van der Waals surface area (Å²) in [6, 6.07) is 3.81. The molecule has 1 amide bonds. The number of amides is 1. The lowest BCUT2D eigenvalue weighted by Crippen LogP contribution is -2.35. The van der Waals surface area contributed by atoms with Crippen molar-refractivity contribution < 1.29 is 27.5 Å². The SMILES string of the molecule is C=CCNC(=O)[C@@H](C)OC(=O)c1ccc(OC)c(S(=O)(=O)NC)c1. The molecule has 1 atom stereocenters. The molecule has 1 aromatic carbocycles. The molecule has 24 heavy (non-hydrogen) atoms. The highest BCUT2D eigenvalue weighted by molar-refractivity contribution is 7.89. The highest BCUT2D eigenvalue weighted by Crippen LogP contribution is 2.25. The maximum Gasteiger partial charge on any atom is 0.338 e. The molecule has 0 bridgehead atoms. The van der Waals surface area contributed by atoms with Gasteiger partial charge >= 0.3 is 5.97 Å². The van der Waals surface area contributed by atoms with E-state index >= 15 is 0 Å². The maximum absolute atomic E-state index is 12.1. The first-order valence-electron chi connectivity index (χ1n) is 6.98. The second kappa shape index (κ2) is 8.46. The molecule has 1 aromatic rings. The molecule has 0 aliphatic carbocycles. The number of carbonyl (C=O) groups is 2. The molecule has 132 valence electrons. The van der Waals surface area contributed by atoms with Crippen LogP contribution in [0.3, 0.4) is 0 Å². The van der Waals surface area contributed by atoms with E-state index in [-0.39, 0.29) is 22.8 Å². The Morgan fingerprint density at radius 2 is 2.04 bits per heavy atom. The Hall–Kier alpha value is -2.39. The highest BCUT2D eigenvalue weighted by Gasteiger charge is 2.23. The van der Waals surface area contributed by atoms with Gasteiger partial charge in [-0.15, -0.1) is 6.58 Å². The van der Waals surface area contributed by atoms with Crippen LogP contribution >= 0.6 is 0 Å². The number of sulfonamides is 1. The van der Waals surface area contributed by atoms with Crippen LogP contribution in [0.25, 0.3) is 0 Å². The third kappa shape index (κ3) is 4.80. The number of ether oxygens (including phenoxy) is 2. The van der Waals surface area contributed by atoms with E-state index < -0.39 is 28.0 Å². The Morgan fingerprint density at radius 3 is 2.58 bits per heavy atom. The zero-order chi connectivity index (χ0) is 18.3. The number of hydrogen-bond acceptors (Lipinski definition) is 6. The van der Waals surface area contributed by atoms with Gasteiger partial charge in [-0.2, -0.15) is 0 Å². The van der Waals surface area contributed by atoms with Gasteiger partial charge in [-0.3, -0.25) is 4.79 Å². The first-order chi connectivity index (χ1) is 11.3. The van der Waals surface area contributed by atoms with E-state index in [1.54, 1.807) is 0 Å². The molecule has 0 aromatic heterocycles. The van der Waals surface area contributed by atoms with Crippen molar-refractivity contribution >= 4 is 21.9 Å². The second-order valence-corrected chi connectivity index (χ2v) is 6.51. The largest absolute Gasteiger partial charge is 0.495 e. The van der Waals surface area contributed by atoms with E-state index in [2.05, 4.69) is 16.6 Å². The zero-order valence-electron chi connectivity index (χ0n) is 13.7. The quantitative estimate of drug-likeness (QED) is 0.517. The van der Waals surface area contributed by atoms with E-state index in [4.69, 9.17) is 9.47 Å². The van der Waals surface area contributed by atoms with Crippen molar-refractivity contribution in [3.63, 3.8) is 0 Å². The Bertz CT molecular complexity index is 729. The van der Waals surface area contributed by atoms with Crippen LogP contribution in [0.1, 0.15) is 17.3 Å². The lowest BCUT2D eigenvalue weighted by molar-refractivity contribution is -0.128. The monoisotopic (exact) mass is 356 g/mol. The van der Waals surface area contributed by atoms with Gasteiger partial charge < -0.3 is 14.8 Å². The Morgan fingerprint density at radius 1 is 1.38 bits per heavy atom. The fourth-order valence-corrected chi connectivity index (χ4v) is 2.64. The lowest BCUT2D eigenvalue weighted by Gasteiger charge is -2.14. The fourth-order valence-electron chi connectivity index (χ4n) is 1.72. The van der Waals surface area contributed by atoms with Gasteiger partial charge in [-0.25, -0.2) is 17.9 Å². The molecule has 0 saturated heterocycles. The molecule has 2 N–H and O–H groups in total. The molecule has 9 heteroatoms. The van der Waals surface area contributed by atoms with Crippen molar-refractivity contribution in [2.24, 2.45) is 0 Å². The van der Waals surface area contributed by atoms with Crippen LogP contribution in [0.15, 0.2) is 35.7 Å². The van der Waals surface area contributed by atoms with Crippen molar-refractivity contribution in [2.75, 3.05) is 20.7 Å². The molecular weight excluding hydrogens is 336 g/mol. The van der Waals surface area contributed by atoms with Crippen molar-refractivity contribution in [1.29, 1.82) is 0 Å². The van der Waals surface area contributed by atoms with Gasteiger partial charge in [-0.1, -0.05) is 6.08 Å². The van der Waals surface area contributed by atoms with Crippen LogP contribution in [0, 0.1) is 0 Å². The van der Waals surface area contributed by atoms with Crippen LogP contribution in [-0.2, 0) is 19.6 Å². The molecule has 0 fully saturated rings. The minimum atomic E-state index is -3.83. The number of benzene rings is 1. The van der Waals surface area contributed by atoms with Crippen LogP contribution in [0.5, 0.6) is 5.75 Å². The van der Waals surface area contributed by atoms with Crippen LogP contribution < -0.4 is 14.8 Å². The van der Waals surface area contributed by atoms with Gasteiger partial charge in [0.1, 0.15) is 10.6 Å². The van der Waals surface area contributed by atoms with E-state index in [0.29, 0.717) is 0 Å². The Labute approximate surface area is 140 Å². The molecule has 0 heterocycles. The molecule has 0 radical (unpaired) electrons. The number of esters is 1. The zero-order valence-corrected chi connectivity index (χ0v) is 14.5. The summed E-state index contributed by atoms with van der Waals surface area (Å²) in [5.41, 5.74) is -0.0204. The van der Waals surface area contributed by atoms with Gasteiger partial charge in [0.2, 0.25) is 10.0 Å². The lowest BCUT2D eigenvalue weighted by atomic mass is 10.2. The fraction of sp³-hybridized carbons (Fsp3) is 0.333. The van der Waals surface area contributed by atoms with Crippen LogP contribution in [0.2, 0.25) is 0 Å². The molecule has 0 aliphatic heterocycles. The maximum atomic E-state index is 12.1. The third-order valence-corrected chi connectivity index (χ3v) is 4.47. The van der Waals surface area contributed by atoms with Crippen molar-refractivity contribution in [3.05, 3.63) is 36.4 Å². The number of carbonyl (C=O) groups excluding carboxylic acids is 2. The Kier molecular flexibility index (Phi) is 6.93. The van der Waals surface area contributed by atoms with Crippen LogP contribution in [0.4, 0.5) is 0 Å². The average molecular weight is 356 g/mol. The highest BCUT2D eigenvalue weighted by atomic mass is 32.2. The second-order valence-electron chi connectivity index (χ2n) is 4.65. The van der Waals surface area contributed by atoms with Crippen molar-refractivity contribution in [3.8, 4) is 5.75 Å². The topological polar surface area (TPSA) is 111 Å². The van der Waals surface area contributed by atoms with E-state index in [1.807, 2.05) is 0 Å². The molecule has 0 aliphatic rings. The van der Waals surface area contributed by atoms with Gasteiger partial charge in [0.25, 0.3) is 5.91 Å². The van der Waals surface area contributed by atoms with Crippen molar-refractivity contribution in [2.45, 2.75) is 17.9 Å². The van der Waals surface area contributed by atoms with Gasteiger partial charge in [0, 0.05) is 6.54 Å². The molecular formula is C15H20N2O6S. The molecule has 0 spiro atoms. The standard InChI is InChI=1S/C15H20N2O6S/c1-5-8-17-14(18)10(2)23-15(19)11-6-7-12(22-4)13(9-11)24(20,21)16-3/h5-7,9-10,16H,1,8H2,2-4H3,(H,17,18)/t10-/m1/s1. The summed E-state index contributed by atoms with van der Waals surface area (Å²) in [7, 11) is -1.27. The molecule has 0 unspecified atom stereocenters. The molecule has 8 nitrogen and oxygen atoms in total. The summed E-state index contributed by atoms with van der Waals surface area (Å²) in [5, 5.41) is 2.49. The minimum Gasteiger partial charge on any atom is -0.495 e. The summed E-state index contributed by atoms with van der Waals surface area (Å²) in [4.78, 5) is 23.6. The molecule has 0 saturated carbocycles. The Balaban J connectivity index is 3.02. The van der Waals surface area contributed by atoms with Crippen LogP contribution in [-0.4, -0.2) is 47.1 Å². The number of rotatable bonds is 8. The van der Waals surface area contributed by atoms with Crippen molar-refractivity contribution in [1.82, 2.24) is 10.0 Å². The smallest absolute Gasteiger partial charge is 0.338 e. The summed E-state index contributed by atoms with van der Waals surface area (Å²) >= 11 is 0. The normalized spacial score (nSPS) is 12.1. The number of methoxy groups -OCH3 is 1. The van der Waals surface area contributed by atoms with E-state index in [0.717, 1.165) is 6.07 Å². The predicted octanol–water partition coefficient (Wildman–Crippen LogP) is 0.451. The van der Waals surface area contributed by atoms with E-state index in [1.165, 1.54) is 39.3 Å². The summed E-state index contributed by atoms with van der Waals surface area (Å²) in [6.07, 6.45) is 0.453. The number of nitrogens with one attached hydrogen (secondary N) is 2. The summed E-state index contributed by atoms with van der Waals surface area (Å²) in [6.45, 7) is 5.11. The first-order valence-corrected chi connectivity index (χ1v) is 8.46. The van der Waals surface area contributed by atoms with E-state index in [9.17, 15) is 18.0 Å². The first kappa shape index (κ1) is 19.7. The molecule has 1 rings (SSSR count). The van der Waals surface area contributed by atoms with Gasteiger partial charge in [0.15, 0.2) is 6.10 Å².